The number of hydrogen-bond acceptors (Lipinski definition) is 4. The largest absolute Gasteiger partial charge is 0.401 e. The third-order valence-electron chi connectivity index (χ3n) is 3.77. The van der Waals surface area contributed by atoms with Gasteiger partial charge in [0, 0.05) is 15.1 Å². The Balaban J connectivity index is 1.75. The molecule has 0 fully saturated rings. The Bertz CT molecular complexity index is 1060. The van der Waals surface area contributed by atoms with Crippen LogP contribution >= 0.6 is 34.5 Å². The van der Waals surface area contributed by atoms with Crippen molar-refractivity contribution in [3.63, 3.8) is 0 Å². The van der Waals surface area contributed by atoms with E-state index in [1.165, 1.54) is 11.3 Å². The molecule has 25 heavy (non-hydrogen) atoms. The Morgan fingerprint density at radius 2 is 1.88 bits per heavy atom. The fourth-order valence-corrected chi connectivity index (χ4v) is 4.20. The van der Waals surface area contributed by atoms with Gasteiger partial charge in [-0.2, -0.15) is 0 Å². The van der Waals surface area contributed by atoms with Crippen molar-refractivity contribution in [1.82, 2.24) is 0 Å². The van der Waals surface area contributed by atoms with Crippen LogP contribution in [0.15, 0.2) is 53.2 Å². The van der Waals surface area contributed by atoms with E-state index in [1.54, 1.807) is 18.2 Å². The number of aryl methyl sites for hydroxylation is 1. The van der Waals surface area contributed by atoms with E-state index in [0.717, 1.165) is 21.2 Å². The number of halogens is 2. The summed E-state index contributed by atoms with van der Waals surface area (Å²) in [6.07, 6.45) is 1.66. The summed E-state index contributed by atoms with van der Waals surface area (Å²) in [4.78, 5) is 17.1. The van der Waals surface area contributed by atoms with Crippen molar-refractivity contribution in [3.8, 4) is 0 Å². The number of hydrogen-bond donors (Lipinski definition) is 0. The maximum Gasteiger partial charge on any atom is 0.363 e. The molecule has 4 rings (SSSR count). The van der Waals surface area contributed by atoms with E-state index >= 15 is 0 Å². The molecule has 2 heterocycles. The minimum Gasteiger partial charge on any atom is -0.401 e. The van der Waals surface area contributed by atoms with Gasteiger partial charge in [-0.25, -0.2) is 9.79 Å². The van der Waals surface area contributed by atoms with Gasteiger partial charge in [0.15, 0.2) is 5.70 Å². The molecule has 0 saturated heterocycles. The topological polar surface area (TPSA) is 38.7 Å². The molecule has 2 aromatic carbocycles. The third kappa shape index (κ3) is 3.09. The number of aliphatic imine (C=N–C) groups is 1. The monoisotopic (exact) mass is 387 g/mol. The molecule has 1 aromatic heterocycles. The van der Waals surface area contributed by atoms with Crippen LogP contribution in [-0.2, 0) is 9.53 Å². The van der Waals surface area contributed by atoms with E-state index in [4.69, 9.17) is 27.9 Å². The van der Waals surface area contributed by atoms with Gasteiger partial charge in [-0.05, 0) is 42.3 Å². The molecule has 0 amide bonds. The maximum atomic E-state index is 12.1. The van der Waals surface area contributed by atoms with Crippen molar-refractivity contribution < 1.29 is 9.53 Å². The van der Waals surface area contributed by atoms with Gasteiger partial charge in [-0.3, -0.25) is 0 Å². The number of ether oxygens (including phenoxy) is 1. The van der Waals surface area contributed by atoms with Crippen molar-refractivity contribution in [2.24, 2.45) is 4.99 Å². The van der Waals surface area contributed by atoms with Crippen LogP contribution < -0.4 is 0 Å². The zero-order valence-electron chi connectivity index (χ0n) is 13.0. The summed E-state index contributed by atoms with van der Waals surface area (Å²) in [5, 5.41) is 2.12. The predicted molar refractivity (Wildman–Crippen MR) is 104 cm³/mol. The first-order chi connectivity index (χ1) is 12.0. The molecule has 1 aliphatic rings. The highest BCUT2D eigenvalue weighted by Gasteiger charge is 2.27. The van der Waals surface area contributed by atoms with Gasteiger partial charge in [0.1, 0.15) is 4.88 Å². The van der Waals surface area contributed by atoms with Gasteiger partial charge in [-0.1, -0.05) is 47.5 Å². The normalized spacial score (nSPS) is 15.7. The Labute approximate surface area is 158 Å². The van der Waals surface area contributed by atoms with Crippen molar-refractivity contribution >= 4 is 62.6 Å². The smallest absolute Gasteiger partial charge is 0.363 e. The zero-order valence-corrected chi connectivity index (χ0v) is 15.4. The summed E-state index contributed by atoms with van der Waals surface area (Å²) < 4.78 is 6.38. The summed E-state index contributed by atoms with van der Waals surface area (Å²) >= 11 is 13.8. The van der Waals surface area contributed by atoms with Gasteiger partial charge in [-0.15, -0.1) is 11.3 Å². The Morgan fingerprint density at radius 1 is 1.12 bits per heavy atom. The highest BCUT2D eigenvalue weighted by atomic mass is 35.5. The van der Waals surface area contributed by atoms with Gasteiger partial charge < -0.3 is 4.74 Å². The van der Waals surface area contributed by atoms with Gasteiger partial charge in [0.25, 0.3) is 0 Å². The van der Waals surface area contributed by atoms with E-state index < -0.39 is 5.97 Å². The predicted octanol–water partition coefficient (Wildman–Crippen LogP) is 5.86. The van der Waals surface area contributed by atoms with Crippen LogP contribution in [-0.4, -0.2) is 11.9 Å². The number of nitrogens with zero attached hydrogens (tertiary/aromatic N) is 1. The van der Waals surface area contributed by atoms with Crippen LogP contribution in [0.5, 0.6) is 0 Å². The standard InChI is InChI=1S/C19H11Cl2NO2S/c1-10-2-7-13-15(8-10)25-17(16(13)21)18-22-14(19(23)24-18)9-11-3-5-12(20)6-4-11/h2-9H,1H3/b14-9+. The molecule has 0 spiro atoms. The average Bonchev–Trinajstić information content (AvgIpc) is 3.10. The molecule has 124 valence electrons. The third-order valence-corrected chi connectivity index (χ3v) is 5.67. The molecular weight excluding hydrogens is 377 g/mol. The molecule has 0 aliphatic carbocycles. The molecule has 0 unspecified atom stereocenters. The number of rotatable bonds is 2. The first-order valence-electron chi connectivity index (χ1n) is 7.48. The SMILES string of the molecule is Cc1ccc2c(Cl)c(C3=N/C(=C/c4ccc(Cl)cc4)C(=O)O3)sc2c1. The minimum absolute atomic E-state index is 0.238. The van der Waals surface area contributed by atoms with Crippen LogP contribution in [0.2, 0.25) is 10.0 Å². The van der Waals surface area contributed by atoms with Crippen LogP contribution in [0, 0.1) is 6.92 Å². The molecule has 6 heteroatoms. The second kappa shape index (κ2) is 6.30. The Morgan fingerprint density at radius 3 is 2.64 bits per heavy atom. The number of benzene rings is 2. The lowest BCUT2D eigenvalue weighted by Gasteiger charge is -1.95. The molecule has 3 aromatic rings. The van der Waals surface area contributed by atoms with Gasteiger partial charge in [0.05, 0.1) is 5.02 Å². The van der Waals surface area contributed by atoms with E-state index in [2.05, 4.69) is 11.1 Å². The summed E-state index contributed by atoms with van der Waals surface area (Å²) in [7, 11) is 0. The first kappa shape index (κ1) is 16.3. The summed E-state index contributed by atoms with van der Waals surface area (Å²) in [6.45, 7) is 2.02. The molecule has 0 N–H and O–H groups in total. The molecule has 0 radical (unpaired) electrons. The fraction of sp³-hybridized carbons (Fsp3) is 0.0526. The molecule has 3 nitrogen and oxygen atoms in total. The molecular formula is C19H11Cl2NO2S. The van der Waals surface area contributed by atoms with Crippen molar-refractivity contribution in [3.05, 3.63) is 74.2 Å². The number of thiophene rings is 1. The fourth-order valence-electron chi connectivity index (χ4n) is 2.53. The summed E-state index contributed by atoms with van der Waals surface area (Å²) in [5.74, 6) is -0.247. The highest BCUT2D eigenvalue weighted by molar-refractivity contribution is 7.21. The van der Waals surface area contributed by atoms with Crippen molar-refractivity contribution in [2.75, 3.05) is 0 Å². The van der Waals surface area contributed by atoms with E-state index in [0.29, 0.717) is 14.9 Å². The van der Waals surface area contributed by atoms with Gasteiger partial charge in [0.2, 0.25) is 5.90 Å². The van der Waals surface area contributed by atoms with Crippen LogP contribution in [0.3, 0.4) is 0 Å². The van der Waals surface area contributed by atoms with Crippen LogP contribution in [0.4, 0.5) is 0 Å². The molecule has 0 saturated carbocycles. The number of fused-ring (bicyclic) bond motifs is 1. The van der Waals surface area contributed by atoms with Crippen molar-refractivity contribution in [1.29, 1.82) is 0 Å². The number of carbonyl (C=O) groups is 1. The first-order valence-corrected chi connectivity index (χ1v) is 9.05. The number of carbonyl (C=O) groups excluding carboxylic acids is 1. The molecule has 0 bridgehead atoms. The van der Waals surface area contributed by atoms with Crippen LogP contribution in [0.1, 0.15) is 16.0 Å². The quantitative estimate of drug-likeness (QED) is 0.407. The lowest BCUT2D eigenvalue weighted by molar-refractivity contribution is -0.129. The van der Waals surface area contributed by atoms with E-state index in [-0.39, 0.29) is 11.6 Å². The van der Waals surface area contributed by atoms with Gasteiger partial charge >= 0.3 is 5.97 Å². The lowest BCUT2D eigenvalue weighted by Crippen LogP contribution is -2.04. The second-order valence-corrected chi connectivity index (χ2v) is 7.50. The maximum absolute atomic E-state index is 12.1. The zero-order chi connectivity index (χ0) is 17.6. The Hall–Kier alpha value is -2.14. The van der Waals surface area contributed by atoms with Crippen molar-refractivity contribution in [2.45, 2.75) is 6.92 Å². The number of cyclic esters (lactones) is 1. The highest BCUT2D eigenvalue weighted by Crippen LogP contribution is 2.37. The minimum atomic E-state index is -0.491. The number of esters is 1. The van der Waals surface area contributed by atoms with E-state index in [9.17, 15) is 4.79 Å². The second-order valence-electron chi connectivity index (χ2n) is 5.63. The lowest BCUT2D eigenvalue weighted by atomic mass is 10.2. The Kier molecular flexibility index (Phi) is 4.12. The molecule has 0 atom stereocenters. The summed E-state index contributed by atoms with van der Waals surface area (Å²) in [6, 6.07) is 13.1. The van der Waals surface area contributed by atoms with Crippen LogP contribution in [0.25, 0.3) is 16.2 Å². The average molecular weight is 388 g/mol. The summed E-state index contributed by atoms with van der Waals surface area (Å²) in [5.41, 5.74) is 2.20. The molecule has 1 aliphatic heterocycles. The van der Waals surface area contributed by atoms with E-state index in [1.807, 2.05) is 31.2 Å².